The van der Waals surface area contributed by atoms with Crippen LogP contribution in [-0.4, -0.2) is 27.0 Å². The van der Waals surface area contributed by atoms with Gasteiger partial charge in [-0.25, -0.2) is 4.79 Å². The number of hydrogen-bond acceptors (Lipinski definition) is 5. The Bertz CT molecular complexity index is 1530. The Balaban J connectivity index is 1.25. The van der Waals surface area contributed by atoms with Gasteiger partial charge in [0.2, 0.25) is 0 Å². The highest BCUT2D eigenvalue weighted by Gasteiger charge is 2.10. The normalized spacial score (nSPS) is 10.7. The first-order chi connectivity index (χ1) is 17.5. The number of anilines is 3. The van der Waals surface area contributed by atoms with Crippen LogP contribution < -0.4 is 10.6 Å². The highest BCUT2D eigenvalue weighted by molar-refractivity contribution is 6.04. The second kappa shape index (κ2) is 10.1. The summed E-state index contributed by atoms with van der Waals surface area (Å²) in [6, 6.07) is 25.4. The quantitative estimate of drug-likeness (QED) is 0.271. The minimum atomic E-state index is -0.995. The van der Waals surface area contributed by atoms with Crippen molar-refractivity contribution in [3.8, 4) is 0 Å². The van der Waals surface area contributed by atoms with Crippen molar-refractivity contribution >= 4 is 39.8 Å². The van der Waals surface area contributed by atoms with Crippen molar-refractivity contribution in [1.29, 1.82) is 0 Å². The molecular weight excluding hydrogens is 452 g/mol. The largest absolute Gasteiger partial charge is 0.478 e. The van der Waals surface area contributed by atoms with Crippen LogP contribution in [0.4, 0.5) is 17.1 Å². The van der Waals surface area contributed by atoms with Crippen LogP contribution in [0.5, 0.6) is 0 Å². The Morgan fingerprint density at radius 3 is 2.11 bits per heavy atom. The predicted molar refractivity (Wildman–Crippen MR) is 140 cm³/mol. The van der Waals surface area contributed by atoms with Gasteiger partial charge in [0.05, 0.1) is 11.1 Å². The van der Waals surface area contributed by atoms with E-state index < -0.39 is 5.97 Å². The standard InChI is InChI=1S/C29H22N4O3/c34-28(33-24-6-1-19(2-7-24)17-20-11-14-30-15-12-20)21-3-8-23(9-4-21)32-27-13-16-31-26-10-5-22(29(35)36)18-25(26)27/h1-16,18H,17H2,(H,31,32)(H,33,34)(H,35,36). The molecule has 0 spiro atoms. The van der Waals surface area contributed by atoms with Crippen LogP contribution in [0.2, 0.25) is 0 Å². The number of carboxylic acids is 1. The van der Waals surface area contributed by atoms with Gasteiger partial charge >= 0.3 is 5.97 Å². The summed E-state index contributed by atoms with van der Waals surface area (Å²) in [6.07, 6.45) is 6.02. The summed E-state index contributed by atoms with van der Waals surface area (Å²) in [7, 11) is 0. The molecule has 5 aromatic rings. The van der Waals surface area contributed by atoms with E-state index in [0.717, 1.165) is 29.0 Å². The van der Waals surface area contributed by atoms with Crippen molar-refractivity contribution in [2.75, 3.05) is 10.6 Å². The van der Waals surface area contributed by atoms with E-state index in [1.54, 1.807) is 61.1 Å². The summed E-state index contributed by atoms with van der Waals surface area (Å²) in [5.74, 6) is -1.20. The molecule has 0 unspecified atom stereocenters. The van der Waals surface area contributed by atoms with E-state index in [-0.39, 0.29) is 11.5 Å². The molecule has 0 aliphatic rings. The van der Waals surface area contributed by atoms with Gasteiger partial charge in [-0.05, 0) is 90.3 Å². The van der Waals surface area contributed by atoms with Crippen LogP contribution in [0.1, 0.15) is 31.8 Å². The third-order valence-corrected chi connectivity index (χ3v) is 5.78. The summed E-state index contributed by atoms with van der Waals surface area (Å²) in [4.78, 5) is 32.4. The van der Waals surface area contributed by atoms with Crippen molar-refractivity contribution in [2.24, 2.45) is 0 Å². The minimum Gasteiger partial charge on any atom is -0.478 e. The fourth-order valence-corrected chi connectivity index (χ4v) is 3.89. The van der Waals surface area contributed by atoms with Crippen molar-refractivity contribution in [1.82, 2.24) is 9.97 Å². The Hall–Kier alpha value is -5.04. The first-order valence-corrected chi connectivity index (χ1v) is 11.3. The lowest BCUT2D eigenvalue weighted by Gasteiger charge is -2.11. The summed E-state index contributed by atoms with van der Waals surface area (Å²) in [5.41, 5.74) is 5.94. The van der Waals surface area contributed by atoms with Crippen LogP contribution in [0.15, 0.2) is 104 Å². The van der Waals surface area contributed by atoms with E-state index >= 15 is 0 Å². The zero-order valence-electron chi connectivity index (χ0n) is 19.2. The Labute approximate surface area is 207 Å². The monoisotopic (exact) mass is 474 g/mol. The first-order valence-electron chi connectivity index (χ1n) is 11.3. The maximum absolute atomic E-state index is 12.7. The van der Waals surface area contributed by atoms with E-state index in [0.29, 0.717) is 16.5 Å². The maximum atomic E-state index is 12.7. The maximum Gasteiger partial charge on any atom is 0.335 e. The van der Waals surface area contributed by atoms with Gasteiger partial charge in [-0.3, -0.25) is 14.8 Å². The zero-order valence-corrected chi connectivity index (χ0v) is 19.2. The molecule has 0 radical (unpaired) electrons. The van der Waals surface area contributed by atoms with Gasteiger partial charge in [-0.15, -0.1) is 0 Å². The number of fused-ring (bicyclic) bond motifs is 1. The molecule has 0 aliphatic heterocycles. The van der Waals surface area contributed by atoms with E-state index in [4.69, 9.17) is 0 Å². The molecule has 36 heavy (non-hydrogen) atoms. The molecule has 2 heterocycles. The van der Waals surface area contributed by atoms with Crippen molar-refractivity contribution < 1.29 is 14.7 Å². The second-order valence-corrected chi connectivity index (χ2v) is 8.28. The molecule has 2 aromatic heterocycles. The molecule has 5 rings (SSSR count). The number of carbonyl (C=O) groups excluding carboxylic acids is 1. The summed E-state index contributed by atoms with van der Waals surface area (Å²) < 4.78 is 0. The Kier molecular flexibility index (Phi) is 6.36. The summed E-state index contributed by atoms with van der Waals surface area (Å²) >= 11 is 0. The molecule has 7 nitrogen and oxygen atoms in total. The Morgan fingerprint density at radius 2 is 1.39 bits per heavy atom. The van der Waals surface area contributed by atoms with E-state index in [1.165, 1.54) is 11.6 Å². The van der Waals surface area contributed by atoms with Gasteiger partial charge in [0.15, 0.2) is 0 Å². The lowest BCUT2D eigenvalue weighted by atomic mass is 10.1. The molecule has 0 fully saturated rings. The number of carboxylic acid groups (broad SMARTS) is 1. The van der Waals surface area contributed by atoms with E-state index in [1.807, 2.05) is 36.4 Å². The van der Waals surface area contributed by atoms with Crippen LogP contribution in [0, 0.1) is 0 Å². The third kappa shape index (κ3) is 5.20. The van der Waals surface area contributed by atoms with Crippen molar-refractivity contribution in [3.05, 3.63) is 126 Å². The number of aromatic nitrogens is 2. The molecule has 176 valence electrons. The van der Waals surface area contributed by atoms with Crippen molar-refractivity contribution in [2.45, 2.75) is 6.42 Å². The minimum absolute atomic E-state index is 0.191. The number of amides is 1. The van der Waals surface area contributed by atoms with Gasteiger partial charge in [0.25, 0.3) is 5.91 Å². The van der Waals surface area contributed by atoms with Gasteiger partial charge in [0, 0.05) is 46.6 Å². The average Bonchev–Trinajstić information content (AvgIpc) is 2.91. The second-order valence-electron chi connectivity index (χ2n) is 8.28. The smallest absolute Gasteiger partial charge is 0.335 e. The van der Waals surface area contributed by atoms with E-state index in [2.05, 4.69) is 20.6 Å². The molecule has 0 atom stereocenters. The lowest BCUT2D eigenvalue weighted by molar-refractivity contribution is 0.0697. The van der Waals surface area contributed by atoms with Crippen LogP contribution >= 0.6 is 0 Å². The molecule has 0 saturated heterocycles. The number of benzene rings is 3. The molecular formula is C29H22N4O3. The molecule has 1 amide bonds. The summed E-state index contributed by atoms with van der Waals surface area (Å²) in [6.45, 7) is 0. The van der Waals surface area contributed by atoms with Crippen LogP contribution in [-0.2, 0) is 6.42 Å². The number of hydrogen-bond donors (Lipinski definition) is 3. The number of pyridine rings is 2. The number of carbonyl (C=O) groups is 2. The van der Waals surface area contributed by atoms with E-state index in [9.17, 15) is 14.7 Å². The molecule has 0 aliphatic carbocycles. The zero-order chi connectivity index (χ0) is 24.9. The highest BCUT2D eigenvalue weighted by Crippen LogP contribution is 2.26. The number of aromatic carboxylic acids is 1. The fraction of sp³-hybridized carbons (Fsp3) is 0.0345. The third-order valence-electron chi connectivity index (χ3n) is 5.78. The first kappa shape index (κ1) is 22.7. The number of nitrogens with zero attached hydrogens (tertiary/aromatic N) is 2. The fourth-order valence-electron chi connectivity index (χ4n) is 3.89. The molecule has 3 N–H and O–H groups in total. The SMILES string of the molecule is O=C(O)c1ccc2nccc(Nc3ccc(C(=O)Nc4ccc(Cc5ccncc5)cc4)cc3)c2c1. The summed E-state index contributed by atoms with van der Waals surface area (Å²) in [5, 5.41) is 16.2. The average molecular weight is 475 g/mol. The molecule has 7 heteroatoms. The van der Waals surface area contributed by atoms with Gasteiger partial charge in [-0.2, -0.15) is 0 Å². The van der Waals surface area contributed by atoms with Gasteiger partial charge in [-0.1, -0.05) is 12.1 Å². The van der Waals surface area contributed by atoms with Crippen molar-refractivity contribution in [3.63, 3.8) is 0 Å². The lowest BCUT2D eigenvalue weighted by Crippen LogP contribution is -2.11. The van der Waals surface area contributed by atoms with Crippen LogP contribution in [0.25, 0.3) is 10.9 Å². The van der Waals surface area contributed by atoms with Crippen LogP contribution in [0.3, 0.4) is 0 Å². The predicted octanol–water partition coefficient (Wildman–Crippen LogP) is 5.91. The molecule has 0 bridgehead atoms. The highest BCUT2D eigenvalue weighted by atomic mass is 16.4. The molecule has 3 aromatic carbocycles. The number of nitrogens with one attached hydrogen (secondary N) is 2. The number of rotatable bonds is 7. The van der Waals surface area contributed by atoms with Gasteiger partial charge in [0.1, 0.15) is 0 Å². The topological polar surface area (TPSA) is 104 Å². The Morgan fingerprint density at radius 1 is 0.722 bits per heavy atom. The molecule has 0 saturated carbocycles. The van der Waals surface area contributed by atoms with Gasteiger partial charge < -0.3 is 15.7 Å².